The van der Waals surface area contributed by atoms with Crippen LogP contribution in [0, 0.1) is 0 Å². The molecule has 0 atom stereocenters. The van der Waals surface area contributed by atoms with Crippen molar-refractivity contribution in [2.24, 2.45) is 0 Å². The number of nitrogens with two attached hydrogens (primary N) is 1. The van der Waals surface area contributed by atoms with Crippen LogP contribution in [0.4, 0.5) is 0 Å². The fourth-order valence-corrected chi connectivity index (χ4v) is 3.76. The van der Waals surface area contributed by atoms with Crippen molar-refractivity contribution in [3.05, 3.63) is 52.7 Å². The third-order valence-corrected chi connectivity index (χ3v) is 5.44. The number of thiophene rings is 1. The summed E-state index contributed by atoms with van der Waals surface area (Å²) in [6.45, 7) is 0. The Kier molecular flexibility index (Phi) is 4.43. The second kappa shape index (κ2) is 6.87. The average molecular weight is 391 g/mol. The highest BCUT2D eigenvalue weighted by Crippen LogP contribution is 2.28. The topological polar surface area (TPSA) is 95.7 Å². The second-order valence-electron chi connectivity index (χ2n) is 4.93. The van der Waals surface area contributed by atoms with Gasteiger partial charge in [-0.3, -0.25) is 0 Å². The van der Waals surface area contributed by atoms with Crippen LogP contribution in [0.15, 0.2) is 51.5 Å². The van der Waals surface area contributed by atoms with Crippen molar-refractivity contribution in [2.45, 2.75) is 10.9 Å². The van der Waals surface area contributed by atoms with Gasteiger partial charge in [0, 0.05) is 5.56 Å². The zero-order chi connectivity index (χ0) is 17.2. The second-order valence-corrected chi connectivity index (χ2v) is 7.23. The SMILES string of the molecule is Nn1c(SCc2nc(-c3ccccc3Cl)no2)nnc1-c1cccs1. The Bertz CT molecular complexity index is 997. The summed E-state index contributed by atoms with van der Waals surface area (Å²) >= 11 is 9.07. The molecule has 0 aliphatic rings. The number of aromatic nitrogens is 5. The Morgan fingerprint density at radius 1 is 1.20 bits per heavy atom. The van der Waals surface area contributed by atoms with E-state index in [4.69, 9.17) is 22.0 Å². The van der Waals surface area contributed by atoms with E-state index in [9.17, 15) is 0 Å². The van der Waals surface area contributed by atoms with E-state index in [1.807, 2.05) is 35.7 Å². The molecule has 7 nitrogen and oxygen atoms in total. The lowest BCUT2D eigenvalue weighted by Gasteiger charge is -2.00. The van der Waals surface area contributed by atoms with Crippen LogP contribution in [0.5, 0.6) is 0 Å². The maximum absolute atomic E-state index is 6.15. The molecule has 0 bridgehead atoms. The Balaban J connectivity index is 1.49. The van der Waals surface area contributed by atoms with Crippen LogP contribution in [0.25, 0.3) is 22.1 Å². The number of hydrogen-bond donors (Lipinski definition) is 1. The summed E-state index contributed by atoms with van der Waals surface area (Å²) in [5.41, 5.74) is 0.728. The van der Waals surface area contributed by atoms with Gasteiger partial charge in [0.1, 0.15) is 0 Å². The number of nitrogens with zero attached hydrogens (tertiary/aromatic N) is 5. The van der Waals surface area contributed by atoms with E-state index in [0.29, 0.717) is 33.5 Å². The van der Waals surface area contributed by atoms with Crippen LogP contribution < -0.4 is 5.84 Å². The summed E-state index contributed by atoms with van der Waals surface area (Å²) in [4.78, 5) is 5.32. The van der Waals surface area contributed by atoms with Gasteiger partial charge in [-0.25, -0.2) is 4.68 Å². The first-order valence-electron chi connectivity index (χ1n) is 7.17. The maximum atomic E-state index is 6.15. The average Bonchev–Trinajstić information content (AvgIpc) is 3.34. The number of hydrogen-bond acceptors (Lipinski definition) is 8. The predicted molar refractivity (Wildman–Crippen MR) is 97.8 cm³/mol. The monoisotopic (exact) mass is 390 g/mol. The summed E-state index contributed by atoms with van der Waals surface area (Å²) in [5, 5.41) is 15.3. The zero-order valence-electron chi connectivity index (χ0n) is 12.7. The first-order chi connectivity index (χ1) is 12.2. The number of nitrogen functional groups attached to an aromatic ring is 1. The molecule has 0 unspecified atom stereocenters. The highest BCUT2D eigenvalue weighted by atomic mass is 35.5. The van der Waals surface area contributed by atoms with E-state index < -0.39 is 0 Å². The van der Waals surface area contributed by atoms with Crippen molar-refractivity contribution in [3.8, 4) is 22.1 Å². The molecule has 0 spiro atoms. The molecular weight excluding hydrogens is 380 g/mol. The van der Waals surface area contributed by atoms with Gasteiger partial charge in [-0.1, -0.05) is 46.7 Å². The van der Waals surface area contributed by atoms with Gasteiger partial charge in [-0.2, -0.15) is 4.98 Å². The Hall–Kier alpha value is -2.36. The molecule has 3 aromatic heterocycles. The molecule has 3 heterocycles. The van der Waals surface area contributed by atoms with Crippen LogP contribution >= 0.6 is 34.7 Å². The molecule has 2 N–H and O–H groups in total. The normalized spacial score (nSPS) is 11.1. The quantitative estimate of drug-likeness (QED) is 0.409. The van der Waals surface area contributed by atoms with Gasteiger partial charge in [0.15, 0.2) is 5.82 Å². The van der Waals surface area contributed by atoms with Gasteiger partial charge in [0.2, 0.25) is 16.9 Å². The Morgan fingerprint density at radius 2 is 2.08 bits per heavy atom. The smallest absolute Gasteiger partial charge is 0.237 e. The molecule has 0 fully saturated rings. The van der Waals surface area contributed by atoms with Gasteiger partial charge in [-0.15, -0.1) is 21.5 Å². The summed E-state index contributed by atoms with van der Waals surface area (Å²) in [5.74, 6) is 8.03. The van der Waals surface area contributed by atoms with Gasteiger partial charge in [0.05, 0.1) is 15.7 Å². The third kappa shape index (κ3) is 3.26. The van der Waals surface area contributed by atoms with E-state index in [0.717, 1.165) is 10.4 Å². The van der Waals surface area contributed by atoms with Crippen LogP contribution in [-0.2, 0) is 5.75 Å². The predicted octanol–water partition coefficient (Wildman–Crippen LogP) is 3.72. The molecule has 0 saturated heterocycles. The van der Waals surface area contributed by atoms with Crippen LogP contribution in [-0.4, -0.2) is 25.0 Å². The summed E-state index contributed by atoms with van der Waals surface area (Å²) in [7, 11) is 0. The highest BCUT2D eigenvalue weighted by molar-refractivity contribution is 7.98. The van der Waals surface area contributed by atoms with Crippen molar-refractivity contribution < 1.29 is 4.52 Å². The fourth-order valence-electron chi connectivity index (χ4n) is 2.14. The lowest BCUT2D eigenvalue weighted by Crippen LogP contribution is -2.11. The van der Waals surface area contributed by atoms with Gasteiger partial charge < -0.3 is 10.4 Å². The first kappa shape index (κ1) is 16.1. The molecule has 0 aliphatic heterocycles. The summed E-state index contributed by atoms with van der Waals surface area (Å²) in [6.07, 6.45) is 0. The number of benzene rings is 1. The van der Waals surface area contributed by atoms with E-state index in [1.165, 1.54) is 16.4 Å². The fraction of sp³-hybridized carbons (Fsp3) is 0.0667. The standard InChI is InChI=1S/C15H11ClN6OS2/c16-10-5-2-1-4-9(10)13-18-12(23-21-13)8-25-15-20-19-14(22(15)17)11-6-3-7-24-11/h1-7H,8,17H2. The van der Waals surface area contributed by atoms with E-state index in [2.05, 4.69) is 20.3 Å². The van der Waals surface area contributed by atoms with E-state index >= 15 is 0 Å². The van der Waals surface area contributed by atoms with Gasteiger partial charge in [-0.05, 0) is 23.6 Å². The maximum Gasteiger partial charge on any atom is 0.237 e. The lowest BCUT2D eigenvalue weighted by atomic mass is 10.2. The van der Waals surface area contributed by atoms with Crippen molar-refractivity contribution >= 4 is 34.7 Å². The van der Waals surface area contributed by atoms with Gasteiger partial charge in [0.25, 0.3) is 0 Å². The van der Waals surface area contributed by atoms with E-state index in [-0.39, 0.29) is 0 Å². The van der Waals surface area contributed by atoms with Crippen molar-refractivity contribution in [1.82, 2.24) is 25.0 Å². The zero-order valence-corrected chi connectivity index (χ0v) is 15.1. The number of halogens is 1. The summed E-state index contributed by atoms with van der Waals surface area (Å²) in [6, 6.07) is 11.2. The molecule has 126 valence electrons. The molecule has 4 aromatic rings. The largest absolute Gasteiger partial charge is 0.338 e. The minimum absolute atomic E-state index is 0.428. The van der Waals surface area contributed by atoms with Crippen molar-refractivity contribution in [1.29, 1.82) is 0 Å². The molecule has 0 amide bonds. The molecule has 0 saturated carbocycles. The van der Waals surface area contributed by atoms with Crippen LogP contribution in [0.1, 0.15) is 5.89 Å². The number of rotatable bonds is 5. The molecule has 10 heteroatoms. The van der Waals surface area contributed by atoms with Crippen LogP contribution in [0.3, 0.4) is 0 Å². The minimum Gasteiger partial charge on any atom is -0.338 e. The molecule has 1 aromatic carbocycles. The highest BCUT2D eigenvalue weighted by Gasteiger charge is 2.16. The molecule has 4 rings (SSSR count). The van der Waals surface area contributed by atoms with Crippen molar-refractivity contribution in [3.63, 3.8) is 0 Å². The minimum atomic E-state index is 0.428. The lowest BCUT2D eigenvalue weighted by molar-refractivity contribution is 0.391. The van der Waals surface area contributed by atoms with Crippen molar-refractivity contribution in [2.75, 3.05) is 5.84 Å². The summed E-state index contributed by atoms with van der Waals surface area (Å²) < 4.78 is 6.74. The Morgan fingerprint density at radius 3 is 2.88 bits per heavy atom. The molecule has 0 radical (unpaired) electrons. The number of thioether (sulfide) groups is 1. The molecular formula is C15H11ClN6OS2. The molecule has 0 aliphatic carbocycles. The van der Waals surface area contributed by atoms with E-state index in [1.54, 1.807) is 17.4 Å². The van der Waals surface area contributed by atoms with Crippen LogP contribution in [0.2, 0.25) is 5.02 Å². The Labute approximate surface area is 155 Å². The first-order valence-corrected chi connectivity index (χ1v) is 9.41. The molecule has 25 heavy (non-hydrogen) atoms. The van der Waals surface area contributed by atoms with Gasteiger partial charge >= 0.3 is 0 Å². The third-order valence-electron chi connectivity index (χ3n) is 3.31.